The van der Waals surface area contributed by atoms with Crippen LogP contribution in [-0.2, 0) is 4.74 Å². The van der Waals surface area contributed by atoms with Crippen LogP contribution in [0.3, 0.4) is 0 Å². The fraction of sp³-hybridized carbons (Fsp3) is 0.231. The third-order valence-electron chi connectivity index (χ3n) is 2.15. The third kappa shape index (κ3) is 3.35. The first-order chi connectivity index (χ1) is 8.22. The van der Waals surface area contributed by atoms with Crippen LogP contribution in [0, 0.1) is 11.3 Å². The van der Waals surface area contributed by atoms with E-state index in [-0.39, 0.29) is 0 Å². The highest BCUT2D eigenvalue weighted by Gasteiger charge is 2.12. The number of esters is 1. The van der Waals surface area contributed by atoms with E-state index in [9.17, 15) is 4.79 Å². The lowest BCUT2D eigenvalue weighted by molar-refractivity contribution is 0.0597. The summed E-state index contributed by atoms with van der Waals surface area (Å²) in [5.41, 5.74) is 1.25. The Labute approximate surface area is 100 Å². The first-order valence-electron chi connectivity index (χ1n) is 5.02. The molecule has 1 rings (SSSR count). The number of carbonyl (C=O) groups excluding carboxylic acids is 1. The molecule has 0 atom stereocenters. The molecule has 88 valence electrons. The van der Waals surface area contributed by atoms with Crippen LogP contribution in [0.15, 0.2) is 24.3 Å². The minimum absolute atomic E-state index is 0.348. The molecule has 1 aromatic carbocycles. The number of carbonyl (C=O) groups is 1. The summed E-state index contributed by atoms with van der Waals surface area (Å²) in [6, 6.07) is 7.14. The Hall–Kier alpha value is -2.28. The number of hydrogen-bond donors (Lipinski definition) is 0. The minimum Gasteiger partial charge on any atom is -0.496 e. The summed E-state index contributed by atoms with van der Waals surface area (Å²) in [7, 11) is 2.81. The van der Waals surface area contributed by atoms with Crippen molar-refractivity contribution in [1.82, 2.24) is 0 Å². The number of hydrogen-bond acceptors (Lipinski definition) is 4. The van der Waals surface area contributed by atoms with E-state index in [2.05, 4.69) is 4.74 Å². The maximum atomic E-state index is 11.4. The molecule has 0 fully saturated rings. The summed E-state index contributed by atoms with van der Waals surface area (Å²) in [6.45, 7) is 0. The average Bonchev–Trinajstić information content (AvgIpc) is 2.38. The first-order valence-corrected chi connectivity index (χ1v) is 5.02. The Bertz CT molecular complexity index is 472. The van der Waals surface area contributed by atoms with E-state index in [1.165, 1.54) is 14.2 Å². The fourth-order valence-electron chi connectivity index (χ4n) is 1.34. The zero-order valence-electron chi connectivity index (χ0n) is 9.77. The van der Waals surface area contributed by atoms with E-state index in [4.69, 9.17) is 10.00 Å². The molecule has 0 unspecified atom stereocenters. The van der Waals surface area contributed by atoms with Gasteiger partial charge in [-0.3, -0.25) is 0 Å². The maximum absolute atomic E-state index is 11.4. The molecule has 0 aliphatic heterocycles. The Morgan fingerprint density at radius 1 is 1.47 bits per heavy atom. The van der Waals surface area contributed by atoms with Gasteiger partial charge in [-0.05, 0) is 17.7 Å². The van der Waals surface area contributed by atoms with Crippen molar-refractivity contribution in [1.29, 1.82) is 5.26 Å². The molecule has 0 aliphatic rings. The Morgan fingerprint density at radius 2 is 2.24 bits per heavy atom. The highest BCUT2D eigenvalue weighted by Crippen LogP contribution is 2.21. The summed E-state index contributed by atoms with van der Waals surface area (Å²) in [4.78, 5) is 11.4. The van der Waals surface area contributed by atoms with Crippen molar-refractivity contribution >= 4 is 12.0 Å². The molecule has 0 radical (unpaired) electrons. The van der Waals surface area contributed by atoms with Gasteiger partial charge in [-0.1, -0.05) is 18.2 Å². The van der Waals surface area contributed by atoms with Crippen LogP contribution < -0.4 is 4.74 Å². The summed E-state index contributed by atoms with van der Waals surface area (Å²) in [5, 5.41) is 8.41. The van der Waals surface area contributed by atoms with Gasteiger partial charge >= 0.3 is 5.97 Å². The second kappa shape index (κ2) is 6.33. The van der Waals surface area contributed by atoms with Crippen LogP contribution in [0.2, 0.25) is 0 Å². The third-order valence-corrected chi connectivity index (χ3v) is 2.15. The predicted octanol–water partition coefficient (Wildman–Crippen LogP) is 2.41. The van der Waals surface area contributed by atoms with Gasteiger partial charge in [0.05, 0.1) is 26.7 Å². The van der Waals surface area contributed by atoms with Crippen molar-refractivity contribution < 1.29 is 14.3 Å². The second-order valence-corrected chi connectivity index (χ2v) is 3.22. The SMILES string of the molecule is COC(=O)c1ccc(C=CCC#N)cc1OC. The van der Waals surface area contributed by atoms with E-state index >= 15 is 0 Å². The van der Waals surface area contributed by atoms with Crippen LogP contribution in [-0.4, -0.2) is 20.2 Å². The van der Waals surface area contributed by atoms with E-state index in [1.807, 2.05) is 6.07 Å². The molecule has 1 aromatic rings. The topological polar surface area (TPSA) is 59.3 Å². The smallest absolute Gasteiger partial charge is 0.341 e. The van der Waals surface area contributed by atoms with Crippen LogP contribution in [0.4, 0.5) is 0 Å². The standard InChI is InChI=1S/C13H13NO3/c1-16-12-9-10(5-3-4-8-14)6-7-11(12)13(15)17-2/h3,5-7,9H,4H2,1-2H3. The molecule has 4 nitrogen and oxygen atoms in total. The van der Waals surface area contributed by atoms with E-state index in [0.29, 0.717) is 17.7 Å². The molecule has 17 heavy (non-hydrogen) atoms. The zero-order chi connectivity index (χ0) is 12.7. The number of nitriles is 1. The van der Waals surface area contributed by atoms with Crippen molar-refractivity contribution in [3.8, 4) is 11.8 Å². The van der Waals surface area contributed by atoms with Crippen molar-refractivity contribution in [2.24, 2.45) is 0 Å². The Kier molecular flexibility index (Phi) is 4.77. The van der Waals surface area contributed by atoms with Gasteiger partial charge in [0, 0.05) is 0 Å². The lowest BCUT2D eigenvalue weighted by Crippen LogP contribution is -2.03. The van der Waals surface area contributed by atoms with E-state index in [0.717, 1.165) is 5.56 Å². The number of rotatable bonds is 4. The zero-order valence-corrected chi connectivity index (χ0v) is 9.77. The van der Waals surface area contributed by atoms with Crippen molar-refractivity contribution in [2.75, 3.05) is 14.2 Å². The second-order valence-electron chi connectivity index (χ2n) is 3.22. The quantitative estimate of drug-likeness (QED) is 0.746. The number of nitrogens with zero attached hydrogens (tertiary/aromatic N) is 1. The van der Waals surface area contributed by atoms with Crippen LogP contribution in [0.1, 0.15) is 22.3 Å². The molecular weight excluding hydrogens is 218 g/mol. The van der Waals surface area contributed by atoms with E-state index < -0.39 is 5.97 Å². The molecule has 0 aromatic heterocycles. The molecule has 0 saturated heterocycles. The van der Waals surface area contributed by atoms with Gasteiger partial charge in [0.25, 0.3) is 0 Å². The molecule has 0 amide bonds. The van der Waals surface area contributed by atoms with Gasteiger partial charge < -0.3 is 9.47 Å². The number of methoxy groups -OCH3 is 2. The summed E-state index contributed by atoms with van der Waals surface area (Å²) >= 11 is 0. The van der Waals surface area contributed by atoms with E-state index in [1.54, 1.807) is 30.4 Å². The molecular formula is C13H13NO3. The van der Waals surface area contributed by atoms with Crippen molar-refractivity contribution in [3.05, 3.63) is 35.4 Å². The molecule has 0 heterocycles. The molecule has 0 bridgehead atoms. The molecule has 0 saturated carbocycles. The highest BCUT2D eigenvalue weighted by molar-refractivity contribution is 5.92. The number of allylic oxidation sites excluding steroid dienone is 1. The van der Waals surface area contributed by atoms with Crippen molar-refractivity contribution in [2.45, 2.75) is 6.42 Å². The largest absolute Gasteiger partial charge is 0.496 e. The first kappa shape index (κ1) is 12.8. The molecule has 4 heteroatoms. The normalized spacial score (nSPS) is 9.94. The lowest BCUT2D eigenvalue weighted by atomic mass is 10.1. The lowest BCUT2D eigenvalue weighted by Gasteiger charge is -2.07. The van der Waals surface area contributed by atoms with Crippen molar-refractivity contribution in [3.63, 3.8) is 0 Å². The van der Waals surface area contributed by atoms with Gasteiger partial charge in [0.2, 0.25) is 0 Å². The van der Waals surface area contributed by atoms with Crippen LogP contribution in [0.5, 0.6) is 5.75 Å². The van der Waals surface area contributed by atoms with Gasteiger partial charge in [0.1, 0.15) is 11.3 Å². The molecule has 0 spiro atoms. The predicted molar refractivity (Wildman–Crippen MR) is 63.6 cm³/mol. The Balaban J connectivity index is 3.01. The summed E-state index contributed by atoms with van der Waals surface area (Å²) in [5.74, 6) is 0.0189. The van der Waals surface area contributed by atoms with Gasteiger partial charge in [-0.2, -0.15) is 5.26 Å². The maximum Gasteiger partial charge on any atom is 0.341 e. The molecule has 0 aliphatic carbocycles. The minimum atomic E-state index is -0.436. The fourth-order valence-corrected chi connectivity index (χ4v) is 1.34. The van der Waals surface area contributed by atoms with Gasteiger partial charge in [-0.25, -0.2) is 4.79 Å². The van der Waals surface area contributed by atoms with Gasteiger partial charge in [0.15, 0.2) is 0 Å². The summed E-state index contributed by atoms with van der Waals surface area (Å²) < 4.78 is 9.75. The Morgan fingerprint density at radius 3 is 2.82 bits per heavy atom. The van der Waals surface area contributed by atoms with Crippen LogP contribution in [0.25, 0.3) is 6.08 Å². The average molecular weight is 231 g/mol. The summed E-state index contributed by atoms with van der Waals surface area (Å²) in [6.07, 6.45) is 3.89. The number of ether oxygens (including phenoxy) is 2. The highest BCUT2D eigenvalue weighted by atomic mass is 16.5. The van der Waals surface area contributed by atoms with Crippen LogP contribution >= 0.6 is 0 Å². The molecule has 0 N–H and O–H groups in total. The number of benzene rings is 1. The van der Waals surface area contributed by atoms with Gasteiger partial charge in [-0.15, -0.1) is 0 Å². The monoisotopic (exact) mass is 231 g/mol.